The topological polar surface area (TPSA) is 95.5 Å². The minimum atomic E-state index is -3.31. The number of sulfonamides is 1. The third kappa shape index (κ3) is 5.71. The molecule has 19 heavy (non-hydrogen) atoms. The maximum atomic E-state index is 11.7. The van der Waals surface area contributed by atoms with Gasteiger partial charge in [-0.15, -0.1) is 0 Å². The van der Waals surface area contributed by atoms with Gasteiger partial charge in [0.05, 0.1) is 6.26 Å². The zero-order valence-electron chi connectivity index (χ0n) is 10.9. The first-order chi connectivity index (χ1) is 8.81. The molecule has 0 aliphatic rings. The Morgan fingerprint density at radius 2 is 1.89 bits per heavy atom. The summed E-state index contributed by atoms with van der Waals surface area (Å²) in [5, 5.41) is 11.5. The fourth-order valence-electron chi connectivity index (χ4n) is 1.34. The molecule has 0 aromatic heterocycles. The second-order valence-electron chi connectivity index (χ2n) is 4.45. The number of carbonyl (C=O) groups excluding carboxylic acids is 1. The number of carbonyl (C=O) groups is 1. The highest BCUT2D eigenvalue weighted by Gasteiger charge is 2.08. The average molecular weight is 286 g/mol. The Bertz CT molecular complexity index is 525. The summed E-state index contributed by atoms with van der Waals surface area (Å²) in [5.74, 6) is -0.263. The molecule has 0 saturated heterocycles. The van der Waals surface area contributed by atoms with Crippen LogP contribution < -0.4 is 10.0 Å². The summed E-state index contributed by atoms with van der Waals surface area (Å²) in [5.41, 5.74) is 0.840. The molecule has 1 atom stereocenters. The Hall–Kier alpha value is -1.60. The summed E-state index contributed by atoms with van der Waals surface area (Å²) in [6.45, 7) is 2.22. The van der Waals surface area contributed by atoms with Gasteiger partial charge in [-0.05, 0) is 30.2 Å². The Balaban J connectivity index is 2.63. The molecule has 0 heterocycles. The van der Waals surface area contributed by atoms with Gasteiger partial charge in [-0.25, -0.2) is 8.42 Å². The van der Waals surface area contributed by atoms with Crippen LogP contribution in [0, 0.1) is 5.92 Å². The molecule has 0 fully saturated rings. The van der Waals surface area contributed by atoms with Crippen molar-refractivity contribution in [3.8, 4) is 0 Å². The van der Waals surface area contributed by atoms with Gasteiger partial charge in [-0.3, -0.25) is 9.52 Å². The fourth-order valence-corrected chi connectivity index (χ4v) is 1.90. The average Bonchev–Trinajstić information content (AvgIpc) is 2.34. The van der Waals surface area contributed by atoms with Crippen molar-refractivity contribution in [2.45, 2.75) is 6.92 Å². The maximum Gasteiger partial charge on any atom is 0.251 e. The van der Waals surface area contributed by atoms with E-state index in [-0.39, 0.29) is 18.4 Å². The van der Waals surface area contributed by atoms with E-state index in [2.05, 4.69) is 10.0 Å². The van der Waals surface area contributed by atoms with E-state index in [1.165, 1.54) is 24.3 Å². The second-order valence-corrected chi connectivity index (χ2v) is 6.20. The first kappa shape index (κ1) is 15.5. The molecule has 1 aromatic carbocycles. The van der Waals surface area contributed by atoms with Gasteiger partial charge in [-0.1, -0.05) is 6.92 Å². The Morgan fingerprint density at radius 1 is 1.32 bits per heavy atom. The van der Waals surface area contributed by atoms with Crippen LogP contribution in [0.5, 0.6) is 0 Å². The number of amides is 1. The minimum absolute atomic E-state index is 0.00451. The van der Waals surface area contributed by atoms with E-state index in [1.807, 2.05) is 6.92 Å². The molecule has 1 amide bonds. The molecule has 1 rings (SSSR count). The molecule has 0 radical (unpaired) electrons. The minimum Gasteiger partial charge on any atom is -0.396 e. The number of nitrogens with one attached hydrogen (secondary N) is 2. The van der Waals surface area contributed by atoms with Crippen LogP contribution in [0.25, 0.3) is 0 Å². The van der Waals surface area contributed by atoms with Crippen LogP contribution in [0.1, 0.15) is 17.3 Å². The molecule has 0 aliphatic heterocycles. The van der Waals surface area contributed by atoms with Gasteiger partial charge >= 0.3 is 0 Å². The lowest BCUT2D eigenvalue weighted by Gasteiger charge is -2.10. The molecule has 7 heteroatoms. The van der Waals surface area contributed by atoms with E-state index >= 15 is 0 Å². The highest BCUT2D eigenvalue weighted by molar-refractivity contribution is 7.92. The van der Waals surface area contributed by atoms with Crippen LogP contribution in [0.15, 0.2) is 24.3 Å². The lowest BCUT2D eigenvalue weighted by atomic mass is 10.1. The number of hydrogen-bond acceptors (Lipinski definition) is 4. The van der Waals surface area contributed by atoms with Crippen LogP contribution in [0.4, 0.5) is 5.69 Å². The number of rotatable bonds is 6. The molecule has 0 bridgehead atoms. The first-order valence-electron chi connectivity index (χ1n) is 5.78. The molecule has 106 valence electrons. The van der Waals surface area contributed by atoms with Crippen LogP contribution in [-0.2, 0) is 10.0 Å². The van der Waals surface area contributed by atoms with E-state index in [1.54, 1.807) is 0 Å². The van der Waals surface area contributed by atoms with Gasteiger partial charge < -0.3 is 10.4 Å². The number of anilines is 1. The quantitative estimate of drug-likeness (QED) is 0.706. The maximum absolute atomic E-state index is 11.7. The second kappa shape index (κ2) is 6.53. The number of hydrogen-bond donors (Lipinski definition) is 3. The number of aliphatic hydroxyl groups excluding tert-OH is 1. The summed E-state index contributed by atoms with van der Waals surface area (Å²) >= 11 is 0. The monoisotopic (exact) mass is 286 g/mol. The van der Waals surface area contributed by atoms with Crippen molar-refractivity contribution < 1.29 is 18.3 Å². The van der Waals surface area contributed by atoms with E-state index in [0.717, 1.165) is 6.26 Å². The van der Waals surface area contributed by atoms with E-state index in [9.17, 15) is 13.2 Å². The SMILES string of the molecule is CC(CO)CNC(=O)c1ccc(NS(C)(=O)=O)cc1. The van der Waals surface area contributed by atoms with Crippen molar-refractivity contribution in [1.29, 1.82) is 0 Å². The summed E-state index contributed by atoms with van der Waals surface area (Å²) in [6, 6.07) is 6.11. The third-order valence-electron chi connectivity index (χ3n) is 2.37. The first-order valence-corrected chi connectivity index (χ1v) is 7.68. The van der Waals surface area contributed by atoms with E-state index in [4.69, 9.17) is 5.11 Å². The van der Waals surface area contributed by atoms with Gasteiger partial charge in [-0.2, -0.15) is 0 Å². The number of aliphatic hydroxyl groups is 1. The third-order valence-corrected chi connectivity index (χ3v) is 2.98. The number of benzene rings is 1. The summed E-state index contributed by atoms with van der Waals surface area (Å²) in [6.07, 6.45) is 1.06. The van der Waals surface area contributed by atoms with E-state index < -0.39 is 10.0 Å². The van der Waals surface area contributed by atoms with Gasteiger partial charge in [0, 0.05) is 24.4 Å². The Morgan fingerprint density at radius 3 is 2.37 bits per heavy atom. The lowest BCUT2D eigenvalue weighted by molar-refractivity contribution is 0.0942. The van der Waals surface area contributed by atoms with Crippen molar-refractivity contribution in [1.82, 2.24) is 5.32 Å². The molecule has 1 aromatic rings. The zero-order chi connectivity index (χ0) is 14.5. The predicted molar refractivity (Wildman–Crippen MR) is 73.5 cm³/mol. The molecular weight excluding hydrogens is 268 g/mol. The van der Waals surface area contributed by atoms with Crippen LogP contribution in [0.2, 0.25) is 0 Å². The van der Waals surface area contributed by atoms with Gasteiger partial charge in [0.1, 0.15) is 0 Å². The Kier molecular flexibility index (Phi) is 5.31. The van der Waals surface area contributed by atoms with Gasteiger partial charge in [0.2, 0.25) is 10.0 Å². The highest BCUT2D eigenvalue weighted by atomic mass is 32.2. The fraction of sp³-hybridized carbons (Fsp3) is 0.417. The van der Waals surface area contributed by atoms with Crippen molar-refractivity contribution >= 4 is 21.6 Å². The normalized spacial score (nSPS) is 12.8. The highest BCUT2D eigenvalue weighted by Crippen LogP contribution is 2.10. The van der Waals surface area contributed by atoms with Crippen LogP contribution in [-0.4, -0.2) is 38.8 Å². The van der Waals surface area contributed by atoms with Crippen molar-refractivity contribution in [3.63, 3.8) is 0 Å². The zero-order valence-corrected chi connectivity index (χ0v) is 11.7. The summed E-state index contributed by atoms with van der Waals surface area (Å²) in [7, 11) is -3.31. The molecule has 6 nitrogen and oxygen atoms in total. The standard InChI is InChI=1S/C12H18N2O4S/c1-9(8-15)7-13-12(16)10-3-5-11(6-4-10)14-19(2,17)18/h3-6,9,14-15H,7-8H2,1-2H3,(H,13,16). The molecule has 0 spiro atoms. The smallest absolute Gasteiger partial charge is 0.251 e. The van der Waals surface area contributed by atoms with Crippen molar-refractivity contribution in [2.75, 3.05) is 24.1 Å². The molecule has 1 unspecified atom stereocenters. The van der Waals surface area contributed by atoms with Crippen LogP contribution >= 0.6 is 0 Å². The van der Waals surface area contributed by atoms with Crippen molar-refractivity contribution in [3.05, 3.63) is 29.8 Å². The van der Waals surface area contributed by atoms with Crippen molar-refractivity contribution in [2.24, 2.45) is 5.92 Å². The largest absolute Gasteiger partial charge is 0.396 e. The van der Waals surface area contributed by atoms with Gasteiger partial charge in [0.15, 0.2) is 0 Å². The molecular formula is C12H18N2O4S. The lowest BCUT2D eigenvalue weighted by Crippen LogP contribution is -2.29. The molecule has 3 N–H and O–H groups in total. The molecule has 0 saturated carbocycles. The van der Waals surface area contributed by atoms with E-state index in [0.29, 0.717) is 17.8 Å². The Labute approximate surface area is 112 Å². The molecule has 0 aliphatic carbocycles. The summed E-state index contributed by atoms with van der Waals surface area (Å²) < 4.78 is 24.3. The van der Waals surface area contributed by atoms with Gasteiger partial charge in [0.25, 0.3) is 5.91 Å². The predicted octanol–water partition coefficient (Wildman–Crippen LogP) is 0.416. The van der Waals surface area contributed by atoms with Crippen LogP contribution in [0.3, 0.4) is 0 Å². The summed E-state index contributed by atoms with van der Waals surface area (Å²) in [4.78, 5) is 11.7.